The van der Waals surface area contributed by atoms with E-state index in [-0.39, 0.29) is 24.4 Å². The number of hydrogen-bond acceptors (Lipinski definition) is 7. The number of aliphatic imine (C=N–C) groups is 1. The van der Waals surface area contributed by atoms with E-state index in [1.165, 1.54) is 12.1 Å². The fraction of sp³-hybridized carbons (Fsp3) is 0.345. The second-order valence-corrected chi connectivity index (χ2v) is 10.2. The summed E-state index contributed by atoms with van der Waals surface area (Å²) >= 11 is 0. The lowest BCUT2D eigenvalue weighted by atomic mass is 9.97. The number of nitrogens with zero attached hydrogens (tertiary/aromatic N) is 5. The predicted molar refractivity (Wildman–Crippen MR) is 146 cm³/mol. The molecule has 0 radical (unpaired) electrons. The lowest BCUT2D eigenvalue weighted by Crippen LogP contribution is -2.38. The van der Waals surface area contributed by atoms with Gasteiger partial charge in [0.2, 0.25) is 11.8 Å². The third-order valence-electron chi connectivity index (χ3n) is 7.57. The molecule has 3 aliphatic heterocycles. The van der Waals surface area contributed by atoms with Crippen molar-refractivity contribution in [1.82, 2.24) is 30.3 Å². The summed E-state index contributed by atoms with van der Waals surface area (Å²) in [6.45, 7) is 8.36. The van der Waals surface area contributed by atoms with Crippen molar-refractivity contribution in [2.75, 3.05) is 19.7 Å². The van der Waals surface area contributed by atoms with Crippen LogP contribution < -0.4 is 15.4 Å². The zero-order chi connectivity index (χ0) is 27.8. The van der Waals surface area contributed by atoms with Gasteiger partial charge in [0.05, 0.1) is 18.8 Å². The average Bonchev–Trinajstić information content (AvgIpc) is 3.70. The van der Waals surface area contributed by atoms with Crippen LogP contribution in [0.4, 0.5) is 4.39 Å². The number of halogens is 1. The summed E-state index contributed by atoms with van der Waals surface area (Å²) in [6.07, 6.45) is 4.67. The molecule has 2 aromatic heterocycles. The summed E-state index contributed by atoms with van der Waals surface area (Å²) in [5, 5.41) is 10.6. The molecule has 0 saturated carbocycles. The zero-order valence-electron chi connectivity index (χ0n) is 22.2. The summed E-state index contributed by atoms with van der Waals surface area (Å²) in [4.78, 5) is 35.7. The number of likely N-dealkylation sites (tertiary alicyclic amines) is 1. The quantitative estimate of drug-likeness (QED) is 0.463. The van der Waals surface area contributed by atoms with Crippen LogP contribution >= 0.6 is 0 Å². The van der Waals surface area contributed by atoms with Gasteiger partial charge in [0.15, 0.2) is 5.69 Å². The number of benzene rings is 1. The largest absolute Gasteiger partial charge is 0.478 e. The lowest BCUT2D eigenvalue weighted by Gasteiger charge is -2.18. The molecule has 1 fully saturated rings. The molecule has 0 bridgehead atoms. The van der Waals surface area contributed by atoms with E-state index in [1.54, 1.807) is 28.8 Å². The van der Waals surface area contributed by atoms with Crippen LogP contribution in [0.1, 0.15) is 45.7 Å². The minimum atomic E-state index is -0.425. The molecule has 6 rings (SSSR count). The molecule has 0 unspecified atom stereocenters. The standard InChI is InChI=1S/C29H30FN7O3/c1-3-24(38)36-11-8-20(16-36)34-27-25-21(7-9-31-23(25)15-32-27)18-5-6-19(22(30)13-18)14-33-28(39)26-17(2)29-37(35-26)10-4-12-40-29/h3,5-7,9,13,20H,1,4,8,10-12,14-16H2,2H3,(H,32,34)(H,33,39)/t20-/m1/s1. The Bertz CT molecular complexity index is 1550. The third kappa shape index (κ3) is 4.72. The molecule has 0 spiro atoms. The van der Waals surface area contributed by atoms with Crippen LogP contribution in [-0.4, -0.2) is 63.1 Å². The highest BCUT2D eigenvalue weighted by Crippen LogP contribution is 2.31. The lowest BCUT2D eigenvalue weighted by molar-refractivity contribution is -0.125. The Hall–Kier alpha value is -4.54. The summed E-state index contributed by atoms with van der Waals surface area (Å²) in [6, 6.07) is 6.90. The van der Waals surface area contributed by atoms with Crippen molar-refractivity contribution in [1.29, 1.82) is 0 Å². The first kappa shape index (κ1) is 25.7. The molecule has 2 N–H and O–H groups in total. The summed E-state index contributed by atoms with van der Waals surface area (Å²) in [7, 11) is 0. The predicted octanol–water partition coefficient (Wildman–Crippen LogP) is 2.74. The van der Waals surface area contributed by atoms with Crippen LogP contribution in [0.3, 0.4) is 0 Å². The van der Waals surface area contributed by atoms with E-state index in [0.29, 0.717) is 66.9 Å². The van der Waals surface area contributed by atoms with Crippen molar-refractivity contribution in [2.24, 2.45) is 4.99 Å². The molecule has 40 heavy (non-hydrogen) atoms. The second-order valence-electron chi connectivity index (χ2n) is 10.2. The highest BCUT2D eigenvalue weighted by molar-refractivity contribution is 6.07. The fourth-order valence-corrected chi connectivity index (χ4v) is 5.47. The highest BCUT2D eigenvalue weighted by atomic mass is 19.1. The molecule has 2 amide bonds. The molecular weight excluding hydrogens is 513 g/mol. The number of carbonyl (C=O) groups excluding carboxylic acids is 2. The molecule has 10 nitrogen and oxygen atoms in total. The van der Waals surface area contributed by atoms with E-state index in [1.807, 2.05) is 12.1 Å². The Balaban J connectivity index is 1.16. The molecular formula is C29H30FN7O3. The van der Waals surface area contributed by atoms with E-state index < -0.39 is 5.82 Å². The number of ether oxygens (including phenoxy) is 1. The van der Waals surface area contributed by atoms with Crippen molar-refractivity contribution in [2.45, 2.75) is 45.4 Å². The number of pyridine rings is 1. The zero-order valence-corrected chi connectivity index (χ0v) is 22.2. The van der Waals surface area contributed by atoms with Crippen LogP contribution in [-0.2, 0) is 24.4 Å². The van der Waals surface area contributed by atoms with Gasteiger partial charge in [-0.25, -0.2) is 9.07 Å². The van der Waals surface area contributed by atoms with Crippen LogP contribution in [0.2, 0.25) is 0 Å². The molecule has 3 aliphatic rings. The Morgan fingerprint density at radius 3 is 2.95 bits per heavy atom. The molecule has 11 heteroatoms. The van der Waals surface area contributed by atoms with Gasteiger partial charge in [-0.3, -0.25) is 19.6 Å². The normalized spacial score (nSPS) is 17.5. The SMILES string of the molecule is C=CC(=O)N1CC[C@@H](NC2=NCc3nccc(-c4ccc(CNC(=O)c5nn6c(c5C)OCCC6)c(F)c4)c32)C1. The number of hydrogen-bond donors (Lipinski definition) is 2. The smallest absolute Gasteiger partial charge is 0.272 e. The van der Waals surface area contributed by atoms with Crippen molar-refractivity contribution >= 4 is 17.6 Å². The highest BCUT2D eigenvalue weighted by Gasteiger charge is 2.29. The van der Waals surface area contributed by atoms with Gasteiger partial charge in [-0.2, -0.15) is 5.10 Å². The summed E-state index contributed by atoms with van der Waals surface area (Å²) < 4.78 is 22.6. The van der Waals surface area contributed by atoms with E-state index in [4.69, 9.17) is 4.74 Å². The van der Waals surface area contributed by atoms with Gasteiger partial charge in [-0.1, -0.05) is 18.7 Å². The first-order valence-corrected chi connectivity index (χ1v) is 13.4. The van der Waals surface area contributed by atoms with Gasteiger partial charge in [0.1, 0.15) is 11.7 Å². The molecule has 1 aromatic carbocycles. The number of amides is 2. The molecule has 206 valence electrons. The van der Waals surface area contributed by atoms with Crippen molar-refractivity contribution in [3.05, 3.63) is 77.0 Å². The Kier molecular flexibility index (Phi) is 6.79. The number of nitrogens with one attached hydrogen (secondary N) is 2. The number of carbonyl (C=O) groups is 2. The van der Waals surface area contributed by atoms with Gasteiger partial charge in [-0.15, -0.1) is 0 Å². The van der Waals surface area contributed by atoms with E-state index >= 15 is 4.39 Å². The first-order valence-electron chi connectivity index (χ1n) is 13.4. The van der Waals surface area contributed by atoms with Crippen LogP contribution in [0, 0.1) is 12.7 Å². The number of aromatic nitrogens is 3. The van der Waals surface area contributed by atoms with Gasteiger partial charge in [0, 0.05) is 61.5 Å². The molecule has 3 aromatic rings. The van der Waals surface area contributed by atoms with Gasteiger partial charge < -0.3 is 20.3 Å². The molecule has 1 saturated heterocycles. The number of aryl methyl sites for hydroxylation is 1. The number of rotatable bonds is 6. The van der Waals surface area contributed by atoms with E-state index in [0.717, 1.165) is 29.7 Å². The maximum Gasteiger partial charge on any atom is 0.272 e. The van der Waals surface area contributed by atoms with E-state index in [2.05, 4.69) is 32.3 Å². The van der Waals surface area contributed by atoms with Crippen LogP contribution in [0.5, 0.6) is 5.88 Å². The van der Waals surface area contributed by atoms with Crippen molar-refractivity contribution in [3.8, 4) is 17.0 Å². The number of amidine groups is 1. The van der Waals surface area contributed by atoms with E-state index in [9.17, 15) is 9.59 Å². The van der Waals surface area contributed by atoms with Crippen molar-refractivity contribution < 1.29 is 18.7 Å². The molecule has 1 atom stereocenters. The fourth-order valence-electron chi connectivity index (χ4n) is 5.47. The van der Waals surface area contributed by atoms with Crippen molar-refractivity contribution in [3.63, 3.8) is 0 Å². The Morgan fingerprint density at radius 1 is 1.27 bits per heavy atom. The minimum absolute atomic E-state index is 0.0256. The molecule has 0 aliphatic carbocycles. The first-order chi connectivity index (χ1) is 19.4. The third-order valence-corrected chi connectivity index (χ3v) is 7.57. The summed E-state index contributed by atoms with van der Waals surface area (Å²) in [5.41, 5.74) is 4.51. The maximum atomic E-state index is 15.3. The molecule has 5 heterocycles. The number of fused-ring (bicyclic) bond motifs is 2. The van der Waals surface area contributed by atoms with Gasteiger partial charge in [0.25, 0.3) is 5.91 Å². The maximum absolute atomic E-state index is 15.3. The average molecular weight is 544 g/mol. The summed E-state index contributed by atoms with van der Waals surface area (Å²) in [5.74, 6) is 0.442. The Labute approximate surface area is 230 Å². The van der Waals surface area contributed by atoms with Gasteiger partial charge >= 0.3 is 0 Å². The Morgan fingerprint density at radius 2 is 2.15 bits per heavy atom. The van der Waals surface area contributed by atoms with Gasteiger partial charge in [-0.05, 0) is 42.7 Å². The van der Waals surface area contributed by atoms with Crippen LogP contribution in [0.25, 0.3) is 11.1 Å². The minimum Gasteiger partial charge on any atom is -0.478 e. The monoisotopic (exact) mass is 543 g/mol. The van der Waals surface area contributed by atoms with Crippen LogP contribution in [0.15, 0.2) is 48.1 Å². The topological polar surface area (TPSA) is 114 Å². The second kappa shape index (κ2) is 10.6.